The molecule has 0 spiro atoms. The Bertz CT molecular complexity index is 1790. The maximum Gasteiger partial charge on any atom is 0.416 e. The number of alkyl halides is 9. The number of hydrogen-bond donors (Lipinski definition) is 1. The molecule has 4 rings (SSSR count). The van der Waals surface area contributed by atoms with Gasteiger partial charge in [-0.25, -0.2) is 9.97 Å². The number of carboxylic acids is 1. The van der Waals surface area contributed by atoms with E-state index < -0.39 is 53.3 Å². The standard InChI is InChI=1S/C35H32F9N3O4/c1-20(2)22-7-9-30(50-3)29(13-22)28-15-24(33(36,37)38)8-6-23(28)19-47(32-45-16-27(17-46-32)51-10-4-5-31(48)49)18-21-11-25(34(39,40)41)14-26(12-21)35(42,43)44/h6-9,11-17,20H,4-5,10,18-19H2,1-3H3,(H,48,49). The van der Waals surface area contributed by atoms with Crippen molar-refractivity contribution in [2.75, 3.05) is 18.6 Å². The predicted molar refractivity (Wildman–Crippen MR) is 168 cm³/mol. The van der Waals surface area contributed by atoms with E-state index in [4.69, 9.17) is 14.6 Å². The highest BCUT2D eigenvalue weighted by atomic mass is 19.4. The van der Waals surface area contributed by atoms with Gasteiger partial charge in [0.25, 0.3) is 0 Å². The minimum absolute atomic E-state index is 0.0111. The third-order valence-corrected chi connectivity index (χ3v) is 7.70. The summed E-state index contributed by atoms with van der Waals surface area (Å²) in [6.45, 7) is 2.73. The summed E-state index contributed by atoms with van der Waals surface area (Å²) in [4.78, 5) is 20.4. The van der Waals surface area contributed by atoms with Gasteiger partial charge in [-0.2, -0.15) is 39.5 Å². The Kier molecular flexibility index (Phi) is 11.8. The summed E-state index contributed by atoms with van der Waals surface area (Å²) in [6, 6.07) is 8.96. The second kappa shape index (κ2) is 15.5. The zero-order chi connectivity index (χ0) is 37.7. The van der Waals surface area contributed by atoms with Crippen LogP contribution in [0.15, 0.2) is 67.0 Å². The molecule has 4 aromatic rings. The third-order valence-electron chi connectivity index (χ3n) is 7.70. The molecule has 0 aliphatic carbocycles. The first kappa shape index (κ1) is 38.8. The Morgan fingerprint density at radius 2 is 1.39 bits per heavy atom. The zero-order valence-corrected chi connectivity index (χ0v) is 27.4. The van der Waals surface area contributed by atoms with Crippen LogP contribution in [0, 0.1) is 0 Å². The topological polar surface area (TPSA) is 84.8 Å². The molecule has 0 fully saturated rings. The van der Waals surface area contributed by atoms with Crippen molar-refractivity contribution in [1.29, 1.82) is 0 Å². The summed E-state index contributed by atoms with van der Waals surface area (Å²) < 4.78 is 135. The van der Waals surface area contributed by atoms with Gasteiger partial charge in [-0.3, -0.25) is 4.79 Å². The normalized spacial score (nSPS) is 12.3. The van der Waals surface area contributed by atoms with Crippen molar-refractivity contribution in [2.45, 2.75) is 64.2 Å². The molecule has 1 aromatic heterocycles. The van der Waals surface area contributed by atoms with Gasteiger partial charge in [-0.05, 0) is 77.1 Å². The second-order valence-corrected chi connectivity index (χ2v) is 11.8. The van der Waals surface area contributed by atoms with Crippen molar-refractivity contribution in [3.8, 4) is 22.6 Å². The molecular weight excluding hydrogens is 697 g/mol. The molecule has 3 aromatic carbocycles. The lowest BCUT2D eigenvalue weighted by Gasteiger charge is -2.26. The average Bonchev–Trinajstić information content (AvgIpc) is 3.05. The Hall–Kier alpha value is -5.02. The number of benzene rings is 3. The molecular formula is C35H32F9N3O4. The molecule has 0 aliphatic heterocycles. The van der Waals surface area contributed by atoms with Gasteiger partial charge in [0.1, 0.15) is 5.75 Å². The highest BCUT2D eigenvalue weighted by Crippen LogP contribution is 2.41. The summed E-state index contributed by atoms with van der Waals surface area (Å²) in [5.74, 6) is -0.969. The van der Waals surface area contributed by atoms with Gasteiger partial charge in [-0.15, -0.1) is 0 Å². The van der Waals surface area contributed by atoms with Crippen molar-refractivity contribution >= 4 is 11.9 Å². The Morgan fingerprint density at radius 3 is 1.92 bits per heavy atom. The van der Waals surface area contributed by atoms with Crippen LogP contribution in [0.1, 0.15) is 66.0 Å². The fourth-order valence-electron chi connectivity index (χ4n) is 5.13. The smallest absolute Gasteiger partial charge is 0.416 e. The van der Waals surface area contributed by atoms with Crippen molar-refractivity contribution < 1.29 is 58.9 Å². The van der Waals surface area contributed by atoms with E-state index >= 15 is 0 Å². The van der Waals surface area contributed by atoms with Crippen LogP contribution in [0.2, 0.25) is 0 Å². The molecule has 274 valence electrons. The van der Waals surface area contributed by atoms with E-state index in [1.165, 1.54) is 30.5 Å². The summed E-state index contributed by atoms with van der Waals surface area (Å²) >= 11 is 0. The van der Waals surface area contributed by atoms with E-state index in [1.54, 1.807) is 18.2 Å². The SMILES string of the molecule is COc1ccc(C(C)C)cc1-c1cc(C(F)(F)F)ccc1CN(Cc1cc(C(F)(F)F)cc(C(F)(F)F)c1)c1ncc(OCCCC(=O)O)cn1. The number of aliphatic carboxylic acids is 1. The molecule has 1 heterocycles. The maximum atomic E-state index is 14.0. The molecule has 0 aliphatic rings. The van der Waals surface area contributed by atoms with Crippen LogP contribution >= 0.6 is 0 Å². The first-order valence-corrected chi connectivity index (χ1v) is 15.3. The Labute approximate surface area is 286 Å². The average molecular weight is 730 g/mol. The minimum atomic E-state index is -5.13. The van der Waals surface area contributed by atoms with Crippen LogP contribution in [-0.2, 0) is 36.4 Å². The molecule has 7 nitrogen and oxygen atoms in total. The van der Waals surface area contributed by atoms with Gasteiger partial charge in [0.2, 0.25) is 5.95 Å². The number of carboxylic acid groups (broad SMARTS) is 1. The Balaban J connectivity index is 1.86. The lowest BCUT2D eigenvalue weighted by atomic mass is 9.92. The summed E-state index contributed by atoms with van der Waals surface area (Å²) in [6.07, 6.45) is -12.7. The van der Waals surface area contributed by atoms with Gasteiger partial charge in [0, 0.05) is 25.1 Å². The van der Waals surface area contributed by atoms with Crippen molar-refractivity contribution in [2.24, 2.45) is 0 Å². The summed E-state index contributed by atoms with van der Waals surface area (Å²) in [5, 5.41) is 8.81. The van der Waals surface area contributed by atoms with Crippen LogP contribution in [0.25, 0.3) is 11.1 Å². The largest absolute Gasteiger partial charge is 0.496 e. The molecule has 0 amide bonds. The predicted octanol–water partition coefficient (Wildman–Crippen LogP) is 9.78. The number of carbonyl (C=O) groups is 1. The molecule has 1 N–H and O–H groups in total. The molecule has 0 saturated carbocycles. The monoisotopic (exact) mass is 729 g/mol. The zero-order valence-electron chi connectivity index (χ0n) is 27.4. The number of aromatic nitrogens is 2. The van der Waals surface area contributed by atoms with Crippen molar-refractivity contribution in [3.63, 3.8) is 0 Å². The number of halogens is 9. The van der Waals surface area contributed by atoms with Gasteiger partial charge >= 0.3 is 24.5 Å². The number of nitrogens with zero attached hydrogens (tertiary/aromatic N) is 3. The number of ether oxygens (including phenoxy) is 2. The molecule has 0 atom stereocenters. The van der Waals surface area contributed by atoms with Gasteiger partial charge in [0.15, 0.2) is 5.75 Å². The minimum Gasteiger partial charge on any atom is -0.496 e. The number of hydrogen-bond acceptors (Lipinski definition) is 6. The molecule has 0 radical (unpaired) electrons. The molecule has 0 saturated heterocycles. The second-order valence-electron chi connectivity index (χ2n) is 11.8. The lowest BCUT2D eigenvalue weighted by Crippen LogP contribution is -2.25. The van der Waals surface area contributed by atoms with E-state index in [2.05, 4.69) is 9.97 Å². The molecule has 51 heavy (non-hydrogen) atoms. The summed E-state index contributed by atoms with van der Waals surface area (Å²) in [7, 11) is 1.33. The van der Waals surface area contributed by atoms with E-state index in [-0.39, 0.29) is 72.1 Å². The van der Waals surface area contributed by atoms with Gasteiger partial charge < -0.3 is 19.5 Å². The van der Waals surface area contributed by atoms with Crippen molar-refractivity contribution in [1.82, 2.24) is 9.97 Å². The third kappa shape index (κ3) is 10.3. The van der Waals surface area contributed by atoms with Gasteiger partial charge in [-0.1, -0.05) is 26.0 Å². The number of rotatable bonds is 13. The molecule has 0 unspecified atom stereocenters. The number of methoxy groups -OCH3 is 1. The van der Waals surface area contributed by atoms with Crippen LogP contribution in [0.5, 0.6) is 11.5 Å². The fraction of sp³-hybridized carbons (Fsp3) is 0.343. The van der Waals surface area contributed by atoms with Crippen LogP contribution in [-0.4, -0.2) is 34.8 Å². The lowest BCUT2D eigenvalue weighted by molar-refractivity contribution is -0.143. The Morgan fingerprint density at radius 1 is 0.784 bits per heavy atom. The molecule has 16 heteroatoms. The highest BCUT2D eigenvalue weighted by Gasteiger charge is 2.37. The van der Waals surface area contributed by atoms with Crippen molar-refractivity contribution in [3.05, 3.63) is 100 Å². The first-order chi connectivity index (χ1) is 23.8. The van der Waals surface area contributed by atoms with Crippen LogP contribution in [0.3, 0.4) is 0 Å². The van der Waals surface area contributed by atoms with E-state index in [9.17, 15) is 44.3 Å². The van der Waals surface area contributed by atoms with E-state index in [0.29, 0.717) is 12.1 Å². The number of anilines is 1. The van der Waals surface area contributed by atoms with E-state index in [1.807, 2.05) is 13.8 Å². The quantitative estimate of drug-likeness (QED) is 0.108. The van der Waals surface area contributed by atoms with Gasteiger partial charge in [0.05, 0.1) is 42.8 Å². The summed E-state index contributed by atoms with van der Waals surface area (Å²) in [5.41, 5.74) is -3.25. The van der Waals surface area contributed by atoms with Crippen LogP contribution < -0.4 is 14.4 Å². The molecule has 0 bridgehead atoms. The highest BCUT2D eigenvalue weighted by molar-refractivity contribution is 5.75. The van der Waals surface area contributed by atoms with Crippen LogP contribution in [0.4, 0.5) is 45.5 Å². The first-order valence-electron chi connectivity index (χ1n) is 15.3. The fourth-order valence-corrected chi connectivity index (χ4v) is 5.13. The maximum absolute atomic E-state index is 14.0. The van der Waals surface area contributed by atoms with E-state index in [0.717, 1.165) is 17.7 Å².